The second kappa shape index (κ2) is 7.50. The van der Waals surface area contributed by atoms with E-state index in [2.05, 4.69) is 20.3 Å². The number of aromatic nitrogens is 2. The lowest BCUT2D eigenvalue weighted by Crippen LogP contribution is -2.40. The van der Waals surface area contributed by atoms with E-state index in [1.165, 1.54) is 38.6 Å². The molecule has 0 aliphatic carbocycles. The highest BCUT2D eigenvalue weighted by molar-refractivity contribution is 7.92. The molecule has 1 aliphatic rings. The first-order chi connectivity index (χ1) is 13.2. The first-order valence-electron chi connectivity index (χ1n) is 8.23. The van der Waals surface area contributed by atoms with Crippen LogP contribution >= 0.6 is 0 Å². The number of sulfone groups is 1. The Kier molecular flexibility index (Phi) is 5.27. The molecular formula is C17H18FN5O4S. The van der Waals surface area contributed by atoms with Crippen molar-refractivity contribution in [3.8, 4) is 5.88 Å². The molecule has 0 saturated carbocycles. The number of anilines is 1. The van der Waals surface area contributed by atoms with Crippen molar-refractivity contribution in [2.75, 3.05) is 18.2 Å². The zero-order valence-electron chi connectivity index (χ0n) is 15.1. The van der Waals surface area contributed by atoms with Gasteiger partial charge < -0.3 is 15.8 Å². The van der Waals surface area contributed by atoms with E-state index < -0.39 is 32.9 Å². The Labute approximate surface area is 160 Å². The summed E-state index contributed by atoms with van der Waals surface area (Å²) >= 11 is 0. The van der Waals surface area contributed by atoms with Crippen molar-refractivity contribution in [1.29, 1.82) is 0 Å². The van der Waals surface area contributed by atoms with Crippen LogP contribution in [-0.4, -0.2) is 48.2 Å². The number of methoxy groups -OCH3 is 1. The summed E-state index contributed by atoms with van der Waals surface area (Å²) in [6.45, 7) is 1.44. The number of amidine groups is 1. The quantitative estimate of drug-likeness (QED) is 0.774. The monoisotopic (exact) mass is 407 g/mol. The van der Waals surface area contributed by atoms with Gasteiger partial charge in [0.2, 0.25) is 5.88 Å². The highest BCUT2D eigenvalue weighted by Crippen LogP contribution is 2.30. The standard InChI is InChI=1S/C17H18FN5O4S/c1-9-16(19)23-14(8-28(9,25)26)11-5-10(3-4-12(11)18)22-17(24)13-6-21-15(27-2)7-20-13/h3-7,9,14H,8H2,1-2H3,(H2,19,23)(H,22,24)/t9-,14+/m1/s1. The molecule has 2 heterocycles. The number of benzene rings is 1. The van der Waals surface area contributed by atoms with E-state index in [0.29, 0.717) is 0 Å². The number of hydrogen-bond acceptors (Lipinski definition) is 8. The minimum Gasteiger partial charge on any atom is -0.480 e. The van der Waals surface area contributed by atoms with Crippen molar-refractivity contribution in [1.82, 2.24) is 9.97 Å². The van der Waals surface area contributed by atoms with Gasteiger partial charge in [-0.25, -0.2) is 22.8 Å². The Balaban J connectivity index is 1.86. The van der Waals surface area contributed by atoms with E-state index in [4.69, 9.17) is 10.5 Å². The van der Waals surface area contributed by atoms with Gasteiger partial charge in [-0.05, 0) is 25.1 Å². The van der Waals surface area contributed by atoms with Crippen molar-refractivity contribution in [2.45, 2.75) is 18.2 Å². The Morgan fingerprint density at radius 2 is 2.07 bits per heavy atom. The smallest absolute Gasteiger partial charge is 0.275 e. The third-order valence-electron chi connectivity index (χ3n) is 4.33. The third kappa shape index (κ3) is 3.93. The van der Waals surface area contributed by atoms with Gasteiger partial charge in [-0.1, -0.05) is 0 Å². The molecule has 1 amide bonds. The summed E-state index contributed by atoms with van der Waals surface area (Å²) in [6.07, 6.45) is 2.52. The highest BCUT2D eigenvalue weighted by atomic mass is 32.2. The van der Waals surface area contributed by atoms with Crippen LogP contribution in [0.5, 0.6) is 5.88 Å². The molecule has 0 radical (unpaired) electrons. The van der Waals surface area contributed by atoms with E-state index in [0.717, 1.165) is 6.07 Å². The molecule has 1 aromatic heterocycles. The van der Waals surface area contributed by atoms with E-state index in [1.54, 1.807) is 0 Å². The Morgan fingerprint density at radius 1 is 1.32 bits per heavy atom. The van der Waals surface area contributed by atoms with Crippen LogP contribution in [-0.2, 0) is 9.84 Å². The molecule has 28 heavy (non-hydrogen) atoms. The third-order valence-corrected chi connectivity index (χ3v) is 6.43. The predicted molar refractivity (Wildman–Crippen MR) is 101 cm³/mol. The predicted octanol–water partition coefficient (Wildman–Crippen LogP) is 1.09. The summed E-state index contributed by atoms with van der Waals surface area (Å²) in [5.74, 6) is -1.40. The van der Waals surface area contributed by atoms with Gasteiger partial charge in [-0.2, -0.15) is 0 Å². The fourth-order valence-electron chi connectivity index (χ4n) is 2.64. The van der Waals surface area contributed by atoms with E-state index in [-0.39, 0.29) is 34.4 Å². The molecule has 0 fully saturated rings. The minimum absolute atomic E-state index is 0.0250. The number of nitrogens with two attached hydrogens (primary N) is 1. The van der Waals surface area contributed by atoms with Crippen molar-refractivity contribution < 1.29 is 22.3 Å². The van der Waals surface area contributed by atoms with Crippen molar-refractivity contribution in [2.24, 2.45) is 10.7 Å². The lowest BCUT2D eigenvalue weighted by molar-refractivity contribution is 0.102. The summed E-state index contributed by atoms with van der Waals surface area (Å²) < 4.78 is 43.6. The largest absolute Gasteiger partial charge is 0.480 e. The normalized spacial score (nSPS) is 20.9. The zero-order valence-corrected chi connectivity index (χ0v) is 15.9. The van der Waals surface area contributed by atoms with Crippen molar-refractivity contribution in [3.05, 3.63) is 47.7 Å². The van der Waals surface area contributed by atoms with Gasteiger partial charge in [0.15, 0.2) is 9.84 Å². The zero-order chi connectivity index (χ0) is 20.5. The average molecular weight is 407 g/mol. The second-order valence-corrected chi connectivity index (χ2v) is 8.54. The number of ether oxygens (including phenoxy) is 1. The van der Waals surface area contributed by atoms with Crippen molar-refractivity contribution in [3.63, 3.8) is 0 Å². The van der Waals surface area contributed by atoms with Gasteiger partial charge >= 0.3 is 0 Å². The molecule has 0 unspecified atom stereocenters. The molecule has 1 aliphatic heterocycles. The maximum Gasteiger partial charge on any atom is 0.275 e. The maximum absolute atomic E-state index is 14.3. The molecule has 1 aromatic carbocycles. The second-order valence-electron chi connectivity index (χ2n) is 6.18. The van der Waals surface area contributed by atoms with Crippen LogP contribution in [0.25, 0.3) is 0 Å². The lowest BCUT2D eigenvalue weighted by atomic mass is 10.1. The van der Waals surface area contributed by atoms with E-state index >= 15 is 0 Å². The molecule has 3 N–H and O–H groups in total. The van der Waals surface area contributed by atoms with Crippen LogP contribution in [0.1, 0.15) is 29.0 Å². The van der Waals surface area contributed by atoms with E-state index in [1.807, 2.05) is 0 Å². The summed E-state index contributed by atoms with van der Waals surface area (Å²) in [6, 6.07) is 2.82. The van der Waals surface area contributed by atoms with Gasteiger partial charge in [-0.15, -0.1) is 0 Å². The molecule has 11 heteroatoms. The molecular weight excluding hydrogens is 389 g/mol. The molecule has 0 bridgehead atoms. The summed E-state index contributed by atoms with van der Waals surface area (Å²) in [5.41, 5.74) is 6.01. The Bertz CT molecular complexity index is 1040. The van der Waals surface area contributed by atoms with Crippen molar-refractivity contribution >= 4 is 27.3 Å². The fraction of sp³-hybridized carbons (Fsp3) is 0.294. The minimum atomic E-state index is -3.55. The summed E-state index contributed by atoms with van der Waals surface area (Å²) in [4.78, 5) is 24.2. The molecule has 148 valence electrons. The highest BCUT2D eigenvalue weighted by Gasteiger charge is 2.34. The fourth-order valence-corrected chi connectivity index (χ4v) is 4.05. The topological polar surface area (TPSA) is 137 Å². The number of aliphatic imine (C=N–C) groups is 1. The maximum atomic E-state index is 14.3. The van der Waals surface area contributed by atoms with Gasteiger partial charge in [0.1, 0.15) is 22.6 Å². The number of hydrogen-bond donors (Lipinski definition) is 2. The lowest BCUT2D eigenvalue weighted by Gasteiger charge is -2.24. The summed E-state index contributed by atoms with van der Waals surface area (Å²) in [5, 5.41) is 1.65. The van der Waals surface area contributed by atoms with Crippen LogP contribution in [0.3, 0.4) is 0 Å². The van der Waals surface area contributed by atoms with Gasteiger partial charge in [-0.3, -0.25) is 9.79 Å². The molecule has 2 aromatic rings. The van der Waals surface area contributed by atoms with Crippen LogP contribution in [0, 0.1) is 5.82 Å². The van der Waals surface area contributed by atoms with Crippen LogP contribution in [0.2, 0.25) is 0 Å². The number of amides is 1. The molecule has 3 rings (SSSR count). The first kappa shape index (κ1) is 19.7. The molecule has 9 nitrogen and oxygen atoms in total. The van der Waals surface area contributed by atoms with Crippen LogP contribution in [0.15, 0.2) is 35.6 Å². The number of carbonyl (C=O) groups excluding carboxylic acids is 1. The molecule has 0 saturated heterocycles. The molecule has 0 spiro atoms. The van der Waals surface area contributed by atoms with Gasteiger partial charge in [0.25, 0.3) is 5.91 Å². The van der Waals surface area contributed by atoms with Crippen LogP contribution in [0.4, 0.5) is 10.1 Å². The van der Waals surface area contributed by atoms with Crippen LogP contribution < -0.4 is 15.8 Å². The van der Waals surface area contributed by atoms with Gasteiger partial charge in [0.05, 0.1) is 31.3 Å². The Morgan fingerprint density at radius 3 is 2.68 bits per heavy atom. The number of nitrogens with one attached hydrogen (secondary N) is 1. The van der Waals surface area contributed by atoms with Gasteiger partial charge in [0, 0.05) is 11.3 Å². The number of halogens is 1. The SMILES string of the molecule is COc1cnc(C(=O)Nc2ccc(F)c([C@@H]3CS(=O)(=O)[C@H](C)C(N)=N3)c2)cn1. The Hall–Kier alpha value is -3.08. The number of rotatable bonds is 4. The first-order valence-corrected chi connectivity index (χ1v) is 9.94. The molecule has 2 atom stereocenters. The summed E-state index contributed by atoms with van der Waals surface area (Å²) in [7, 11) is -2.13. The number of nitrogens with zero attached hydrogens (tertiary/aromatic N) is 3. The van der Waals surface area contributed by atoms with E-state index in [9.17, 15) is 17.6 Å². The number of carbonyl (C=O) groups is 1. The average Bonchev–Trinajstić information content (AvgIpc) is 2.67.